The maximum absolute atomic E-state index is 12.4. The van der Waals surface area contributed by atoms with Crippen LogP contribution in [0.3, 0.4) is 0 Å². The SMILES string of the molecule is Cc1nc2ccc(NC(=O)C3(N)CCCCC3)cc2[nH]1. The highest BCUT2D eigenvalue weighted by Gasteiger charge is 2.35. The maximum atomic E-state index is 12.4. The first-order chi connectivity index (χ1) is 9.57. The summed E-state index contributed by atoms with van der Waals surface area (Å²) in [5, 5.41) is 2.94. The molecule has 0 spiro atoms. The molecule has 1 aliphatic carbocycles. The van der Waals surface area contributed by atoms with Gasteiger partial charge in [0, 0.05) is 5.69 Å². The van der Waals surface area contributed by atoms with Gasteiger partial charge in [0.25, 0.3) is 0 Å². The summed E-state index contributed by atoms with van der Waals surface area (Å²) in [5.41, 5.74) is 8.12. The molecule has 5 heteroatoms. The van der Waals surface area contributed by atoms with Crippen LogP contribution in [0.1, 0.15) is 37.9 Å². The monoisotopic (exact) mass is 272 g/mol. The second-order valence-corrected chi connectivity index (χ2v) is 5.73. The van der Waals surface area contributed by atoms with E-state index >= 15 is 0 Å². The molecule has 2 aromatic rings. The second kappa shape index (κ2) is 4.90. The molecule has 1 aromatic carbocycles. The molecule has 0 unspecified atom stereocenters. The van der Waals surface area contributed by atoms with Gasteiger partial charge in [-0.15, -0.1) is 0 Å². The molecular weight excluding hydrogens is 252 g/mol. The van der Waals surface area contributed by atoms with Crippen molar-refractivity contribution < 1.29 is 4.79 Å². The van der Waals surface area contributed by atoms with E-state index in [4.69, 9.17) is 5.73 Å². The van der Waals surface area contributed by atoms with Crippen LogP contribution in [-0.4, -0.2) is 21.4 Å². The van der Waals surface area contributed by atoms with E-state index in [0.29, 0.717) is 0 Å². The highest BCUT2D eigenvalue weighted by atomic mass is 16.2. The molecule has 4 N–H and O–H groups in total. The van der Waals surface area contributed by atoms with Gasteiger partial charge in [-0.3, -0.25) is 4.79 Å². The number of amides is 1. The van der Waals surface area contributed by atoms with Crippen molar-refractivity contribution in [1.29, 1.82) is 0 Å². The molecule has 5 nitrogen and oxygen atoms in total. The number of aromatic nitrogens is 2. The van der Waals surface area contributed by atoms with Gasteiger partial charge in [-0.05, 0) is 38.0 Å². The summed E-state index contributed by atoms with van der Waals surface area (Å²) in [6.07, 6.45) is 4.77. The smallest absolute Gasteiger partial charge is 0.244 e. The van der Waals surface area contributed by atoms with Gasteiger partial charge < -0.3 is 16.0 Å². The molecule has 3 rings (SSSR count). The number of anilines is 1. The highest BCUT2D eigenvalue weighted by Crippen LogP contribution is 2.27. The van der Waals surface area contributed by atoms with Gasteiger partial charge in [0.1, 0.15) is 5.82 Å². The lowest BCUT2D eigenvalue weighted by Crippen LogP contribution is -2.52. The van der Waals surface area contributed by atoms with Gasteiger partial charge in [-0.1, -0.05) is 19.3 Å². The number of rotatable bonds is 2. The first-order valence-corrected chi connectivity index (χ1v) is 7.14. The molecule has 0 saturated heterocycles. The molecular formula is C15H20N4O. The first kappa shape index (κ1) is 13.1. The summed E-state index contributed by atoms with van der Waals surface area (Å²) >= 11 is 0. The summed E-state index contributed by atoms with van der Waals surface area (Å²) in [7, 11) is 0. The Morgan fingerprint density at radius 2 is 2.10 bits per heavy atom. The first-order valence-electron chi connectivity index (χ1n) is 7.14. The van der Waals surface area contributed by atoms with E-state index in [1.807, 2.05) is 25.1 Å². The number of benzene rings is 1. The number of carbonyl (C=O) groups is 1. The molecule has 1 amide bonds. The van der Waals surface area contributed by atoms with Crippen LogP contribution in [0.25, 0.3) is 11.0 Å². The molecule has 1 saturated carbocycles. The van der Waals surface area contributed by atoms with E-state index in [0.717, 1.165) is 48.2 Å². The third-order valence-electron chi connectivity index (χ3n) is 4.06. The summed E-state index contributed by atoms with van der Waals surface area (Å²) in [5.74, 6) is 0.791. The zero-order valence-corrected chi connectivity index (χ0v) is 11.7. The number of nitrogens with zero attached hydrogens (tertiary/aromatic N) is 1. The largest absolute Gasteiger partial charge is 0.342 e. The van der Waals surface area contributed by atoms with Crippen LogP contribution in [0.15, 0.2) is 18.2 Å². The zero-order chi connectivity index (χ0) is 14.2. The molecule has 1 fully saturated rings. The second-order valence-electron chi connectivity index (χ2n) is 5.73. The van der Waals surface area contributed by atoms with Crippen molar-refractivity contribution in [1.82, 2.24) is 9.97 Å². The Kier molecular flexibility index (Phi) is 3.22. The molecule has 0 radical (unpaired) electrons. The number of nitrogens with one attached hydrogen (secondary N) is 2. The Hall–Kier alpha value is -1.88. The molecule has 106 valence electrons. The lowest BCUT2D eigenvalue weighted by molar-refractivity contribution is -0.122. The number of hydrogen-bond donors (Lipinski definition) is 3. The zero-order valence-electron chi connectivity index (χ0n) is 11.7. The lowest BCUT2D eigenvalue weighted by Gasteiger charge is -2.31. The van der Waals surface area contributed by atoms with Crippen LogP contribution < -0.4 is 11.1 Å². The average molecular weight is 272 g/mol. The minimum absolute atomic E-state index is 0.0761. The minimum atomic E-state index is -0.711. The highest BCUT2D eigenvalue weighted by molar-refractivity contribution is 5.99. The van der Waals surface area contributed by atoms with Crippen molar-refractivity contribution in [2.45, 2.75) is 44.6 Å². The third-order valence-corrected chi connectivity index (χ3v) is 4.06. The van der Waals surface area contributed by atoms with E-state index in [-0.39, 0.29) is 5.91 Å². The van der Waals surface area contributed by atoms with Gasteiger partial charge in [0.2, 0.25) is 5.91 Å². The van der Waals surface area contributed by atoms with E-state index in [9.17, 15) is 4.79 Å². The van der Waals surface area contributed by atoms with E-state index in [1.165, 1.54) is 6.42 Å². The van der Waals surface area contributed by atoms with Crippen LogP contribution in [0, 0.1) is 6.92 Å². The number of H-pyrrole nitrogens is 1. The third kappa shape index (κ3) is 2.41. The van der Waals surface area contributed by atoms with Crippen LogP contribution in [0.5, 0.6) is 0 Å². The molecule has 0 aliphatic heterocycles. The average Bonchev–Trinajstić information content (AvgIpc) is 2.79. The molecule has 0 atom stereocenters. The Balaban J connectivity index is 1.79. The van der Waals surface area contributed by atoms with Crippen molar-refractivity contribution >= 4 is 22.6 Å². The van der Waals surface area contributed by atoms with Crippen LogP contribution >= 0.6 is 0 Å². The summed E-state index contributed by atoms with van der Waals surface area (Å²) in [6.45, 7) is 1.91. The van der Waals surface area contributed by atoms with Gasteiger partial charge >= 0.3 is 0 Å². The molecule has 1 aliphatic rings. The standard InChI is InChI=1S/C15H20N4O/c1-10-17-12-6-5-11(9-13(12)18-10)19-14(20)15(16)7-3-2-4-8-15/h5-6,9H,2-4,7-8,16H2,1H3,(H,17,18)(H,19,20). The number of carbonyl (C=O) groups excluding carboxylic acids is 1. The number of imidazole rings is 1. The van der Waals surface area contributed by atoms with Crippen molar-refractivity contribution in [3.8, 4) is 0 Å². The maximum Gasteiger partial charge on any atom is 0.244 e. The lowest BCUT2D eigenvalue weighted by atomic mass is 9.82. The van der Waals surface area contributed by atoms with Gasteiger partial charge in [-0.25, -0.2) is 4.98 Å². The minimum Gasteiger partial charge on any atom is -0.342 e. The Morgan fingerprint density at radius 1 is 1.35 bits per heavy atom. The molecule has 1 aromatic heterocycles. The number of fused-ring (bicyclic) bond motifs is 1. The van der Waals surface area contributed by atoms with E-state index < -0.39 is 5.54 Å². The van der Waals surface area contributed by atoms with Crippen LogP contribution in [-0.2, 0) is 4.79 Å². The number of hydrogen-bond acceptors (Lipinski definition) is 3. The van der Waals surface area contributed by atoms with Crippen LogP contribution in [0.2, 0.25) is 0 Å². The summed E-state index contributed by atoms with van der Waals surface area (Å²) in [4.78, 5) is 19.9. The summed E-state index contributed by atoms with van der Waals surface area (Å²) < 4.78 is 0. The summed E-state index contributed by atoms with van der Waals surface area (Å²) in [6, 6.07) is 5.67. The Bertz CT molecular complexity index is 640. The normalized spacial score (nSPS) is 18.1. The fraction of sp³-hybridized carbons (Fsp3) is 0.467. The van der Waals surface area contributed by atoms with Gasteiger partial charge in [0.05, 0.1) is 16.6 Å². The fourth-order valence-electron chi connectivity index (χ4n) is 2.88. The van der Waals surface area contributed by atoms with Crippen LogP contribution in [0.4, 0.5) is 5.69 Å². The molecule has 0 bridgehead atoms. The van der Waals surface area contributed by atoms with E-state index in [1.54, 1.807) is 0 Å². The predicted molar refractivity (Wildman–Crippen MR) is 79.5 cm³/mol. The van der Waals surface area contributed by atoms with Gasteiger partial charge in [0.15, 0.2) is 0 Å². The quantitative estimate of drug-likeness (QED) is 0.785. The van der Waals surface area contributed by atoms with Crippen molar-refractivity contribution in [3.63, 3.8) is 0 Å². The van der Waals surface area contributed by atoms with Crippen molar-refractivity contribution in [2.75, 3.05) is 5.32 Å². The number of aryl methyl sites for hydroxylation is 1. The van der Waals surface area contributed by atoms with Crippen molar-refractivity contribution in [2.24, 2.45) is 5.73 Å². The van der Waals surface area contributed by atoms with E-state index in [2.05, 4.69) is 15.3 Å². The molecule has 1 heterocycles. The van der Waals surface area contributed by atoms with Gasteiger partial charge in [-0.2, -0.15) is 0 Å². The number of aromatic amines is 1. The fourth-order valence-corrected chi connectivity index (χ4v) is 2.88. The number of nitrogens with two attached hydrogens (primary N) is 1. The topological polar surface area (TPSA) is 83.8 Å². The Labute approximate surface area is 118 Å². The predicted octanol–water partition coefficient (Wildman–Crippen LogP) is 2.47. The van der Waals surface area contributed by atoms with Crippen molar-refractivity contribution in [3.05, 3.63) is 24.0 Å². The Morgan fingerprint density at radius 3 is 2.85 bits per heavy atom. The molecule has 20 heavy (non-hydrogen) atoms.